The zero-order valence-electron chi connectivity index (χ0n) is 8.92. The molecular weight excluding hydrogens is 192 g/mol. The molecule has 1 heterocycles. The second-order valence-corrected chi connectivity index (χ2v) is 5.13. The first-order valence-electron chi connectivity index (χ1n) is 5.44. The molecule has 2 rings (SSSR count). The van der Waals surface area contributed by atoms with E-state index in [9.17, 15) is 0 Å². The fourth-order valence-electron chi connectivity index (χ4n) is 1.89. The third-order valence-electron chi connectivity index (χ3n) is 2.75. The monoisotopic (exact) mass is 210 g/mol. The van der Waals surface area contributed by atoms with Crippen molar-refractivity contribution in [1.82, 2.24) is 10.3 Å². The van der Waals surface area contributed by atoms with Crippen LogP contribution in [0.5, 0.6) is 0 Å². The van der Waals surface area contributed by atoms with Gasteiger partial charge in [0.15, 0.2) is 0 Å². The summed E-state index contributed by atoms with van der Waals surface area (Å²) < 4.78 is 0. The minimum atomic E-state index is 0.668. The first-order valence-corrected chi connectivity index (χ1v) is 6.32. The highest BCUT2D eigenvalue weighted by atomic mass is 32.1. The van der Waals surface area contributed by atoms with Crippen molar-refractivity contribution in [2.75, 3.05) is 6.54 Å². The highest BCUT2D eigenvalue weighted by Crippen LogP contribution is 2.34. The summed E-state index contributed by atoms with van der Waals surface area (Å²) in [6.45, 7) is 5.33. The van der Waals surface area contributed by atoms with Gasteiger partial charge in [-0.05, 0) is 32.2 Å². The number of hydrogen-bond acceptors (Lipinski definition) is 3. The lowest BCUT2D eigenvalue weighted by molar-refractivity contribution is 0.469. The number of likely N-dealkylation sites (N-methyl/N-ethyl adjacent to an activating group) is 1. The van der Waals surface area contributed by atoms with Gasteiger partial charge in [0.1, 0.15) is 0 Å². The quantitative estimate of drug-likeness (QED) is 0.807. The number of aromatic nitrogens is 1. The molecule has 1 unspecified atom stereocenters. The van der Waals surface area contributed by atoms with E-state index in [2.05, 4.69) is 29.5 Å². The smallest absolute Gasteiger partial charge is 0.0897 e. The molecule has 0 aliphatic heterocycles. The van der Waals surface area contributed by atoms with Crippen molar-refractivity contribution in [3.05, 3.63) is 16.1 Å². The van der Waals surface area contributed by atoms with Gasteiger partial charge in [0.2, 0.25) is 0 Å². The third kappa shape index (κ3) is 2.55. The Bertz CT molecular complexity index is 291. The largest absolute Gasteiger partial charge is 0.314 e. The van der Waals surface area contributed by atoms with Crippen LogP contribution in [0.2, 0.25) is 0 Å². The molecule has 0 amide bonds. The van der Waals surface area contributed by atoms with Crippen LogP contribution in [0.15, 0.2) is 5.38 Å². The van der Waals surface area contributed by atoms with E-state index in [0.29, 0.717) is 6.04 Å². The molecule has 1 N–H and O–H groups in total. The third-order valence-corrected chi connectivity index (χ3v) is 3.58. The summed E-state index contributed by atoms with van der Waals surface area (Å²) in [7, 11) is 0. The van der Waals surface area contributed by atoms with Gasteiger partial charge in [0.05, 0.1) is 10.7 Å². The van der Waals surface area contributed by atoms with E-state index in [4.69, 9.17) is 0 Å². The van der Waals surface area contributed by atoms with Gasteiger partial charge in [-0.3, -0.25) is 0 Å². The van der Waals surface area contributed by atoms with E-state index in [1.54, 1.807) is 11.3 Å². The lowest BCUT2D eigenvalue weighted by atomic mass is 10.1. The van der Waals surface area contributed by atoms with Gasteiger partial charge in [-0.1, -0.05) is 6.92 Å². The van der Waals surface area contributed by atoms with Crippen molar-refractivity contribution in [3.63, 3.8) is 0 Å². The van der Waals surface area contributed by atoms with Gasteiger partial charge >= 0.3 is 0 Å². The topological polar surface area (TPSA) is 24.9 Å². The molecule has 1 atom stereocenters. The minimum Gasteiger partial charge on any atom is -0.314 e. The summed E-state index contributed by atoms with van der Waals surface area (Å²) in [5, 5.41) is 6.95. The Morgan fingerprint density at radius 2 is 2.43 bits per heavy atom. The molecule has 14 heavy (non-hydrogen) atoms. The van der Waals surface area contributed by atoms with Crippen molar-refractivity contribution in [2.45, 2.75) is 39.2 Å². The van der Waals surface area contributed by atoms with E-state index < -0.39 is 0 Å². The number of thiazole rings is 1. The van der Waals surface area contributed by atoms with E-state index in [0.717, 1.165) is 18.9 Å². The summed E-state index contributed by atoms with van der Waals surface area (Å²) in [6.07, 6.45) is 3.92. The maximum Gasteiger partial charge on any atom is 0.0897 e. The van der Waals surface area contributed by atoms with E-state index in [1.807, 2.05) is 0 Å². The van der Waals surface area contributed by atoms with E-state index in [-0.39, 0.29) is 0 Å². The molecule has 1 aliphatic carbocycles. The maximum atomic E-state index is 4.52. The van der Waals surface area contributed by atoms with E-state index >= 15 is 0 Å². The van der Waals surface area contributed by atoms with Crippen LogP contribution in [-0.2, 0) is 6.42 Å². The molecule has 1 fully saturated rings. The van der Waals surface area contributed by atoms with Crippen LogP contribution >= 0.6 is 11.3 Å². The number of hydrogen-bond donors (Lipinski definition) is 1. The Morgan fingerprint density at radius 1 is 1.64 bits per heavy atom. The summed E-state index contributed by atoms with van der Waals surface area (Å²) in [5.41, 5.74) is 1.27. The molecule has 0 saturated heterocycles. The highest BCUT2D eigenvalue weighted by molar-refractivity contribution is 7.09. The Morgan fingerprint density at radius 3 is 2.93 bits per heavy atom. The molecule has 0 spiro atoms. The van der Waals surface area contributed by atoms with Gasteiger partial charge in [-0.15, -0.1) is 11.3 Å². The molecule has 1 aliphatic rings. The summed E-state index contributed by atoms with van der Waals surface area (Å²) in [4.78, 5) is 4.52. The lowest BCUT2D eigenvalue weighted by Gasteiger charge is -2.15. The molecule has 2 nitrogen and oxygen atoms in total. The number of rotatable bonds is 5. The summed E-state index contributed by atoms with van der Waals surface area (Å²) >= 11 is 1.76. The van der Waals surface area contributed by atoms with Gasteiger partial charge in [0, 0.05) is 17.8 Å². The zero-order chi connectivity index (χ0) is 9.97. The van der Waals surface area contributed by atoms with Crippen molar-refractivity contribution in [1.29, 1.82) is 0 Å². The highest BCUT2D eigenvalue weighted by Gasteiger charge is 2.30. The summed E-state index contributed by atoms with van der Waals surface area (Å²) in [6, 6.07) is 0.668. The molecule has 0 bridgehead atoms. The fourth-order valence-corrected chi connectivity index (χ4v) is 2.52. The zero-order valence-corrected chi connectivity index (χ0v) is 9.73. The number of aryl methyl sites for hydroxylation is 1. The predicted molar refractivity (Wildman–Crippen MR) is 60.7 cm³/mol. The van der Waals surface area contributed by atoms with Gasteiger partial charge in [-0.25, -0.2) is 4.98 Å². The predicted octanol–water partition coefficient (Wildman–Crippen LogP) is 2.38. The average Bonchev–Trinajstić information content (AvgIpc) is 2.91. The molecule has 1 aromatic rings. The standard InChI is InChI=1S/C11H18N2S/c1-3-12-11(9-4-5-9)6-10-7-14-8(2)13-10/h7,9,11-12H,3-6H2,1-2H3. The molecule has 78 valence electrons. The number of nitrogens with one attached hydrogen (secondary N) is 1. The molecule has 1 saturated carbocycles. The Labute approximate surface area is 89.8 Å². The Hall–Kier alpha value is -0.410. The minimum absolute atomic E-state index is 0.668. The molecule has 0 radical (unpaired) electrons. The molecular formula is C11H18N2S. The first kappa shape index (κ1) is 10.1. The SMILES string of the molecule is CCNC(Cc1csc(C)n1)C1CC1. The van der Waals surface area contributed by atoms with Crippen molar-refractivity contribution < 1.29 is 0 Å². The average molecular weight is 210 g/mol. The summed E-state index contributed by atoms with van der Waals surface area (Å²) in [5.74, 6) is 0.914. The Kier molecular flexibility index (Phi) is 3.19. The van der Waals surface area contributed by atoms with E-state index in [1.165, 1.54) is 23.5 Å². The molecule has 1 aromatic heterocycles. The molecule has 0 aromatic carbocycles. The first-order chi connectivity index (χ1) is 6.79. The normalized spacial score (nSPS) is 18.4. The second-order valence-electron chi connectivity index (χ2n) is 4.06. The fraction of sp³-hybridized carbons (Fsp3) is 0.727. The van der Waals surface area contributed by atoms with Crippen LogP contribution in [0.4, 0.5) is 0 Å². The van der Waals surface area contributed by atoms with Crippen LogP contribution < -0.4 is 5.32 Å². The van der Waals surface area contributed by atoms with Crippen LogP contribution in [0.1, 0.15) is 30.5 Å². The van der Waals surface area contributed by atoms with Crippen LogP contribution in [-0.4, -0.2) is 17.6 Å². The van der Waals surface area contributed by atoms with Gasteiger partial charge < -0.3 is 5.32 Å². The lowest BCUT2D eigenvalue weighted by Crippen LogP contribution is -2.33. The van der Waals surface area contributed by atoms with Gasteiger partial charge in [-0.2, -0.15) is 0 Å². The second kappa shape index (κ2) is 4.41. The van der Waals surface area contributed by atoms with Crippen molar-refractivity contribution in [2.24, 2.45) is 5.92 Å². The van der Waals surface area contributed by atoms with Gasteiger partial charge in [0.25, 0.3) is 0 Å². The van der Waals surface area contributed by atoms with Crippen LogP contribution in [0, 0.1) is 12.8 Å². The Balaban J connectivity index is 1.92. The maximum absolute atomic E-state index is 4.52. The number of nitrogens with zero attached hydrogens (tertiary/aromatic N) is 1. The van der Waals surface area contributed by atoms with Crippen LogP contribution in [0.3, 0.4) is 0 Å². The molecule has 3 heteroatoms. The van der Waals surface area contributed by atoms with Crippen molar-refractivity contribution >= 4 is 11.3 Å². The van der Waals surface area contributed by atoms with Crippen molar-refractivity contribution in [3.8, 4) is 0 Å². The van der Waals surface area contributed by atoms with Crippen LogP contribution in [0.25, 0.3) is 0 Å².